The lowest BCUT2D eigenvalue weighted by atomic mass is 10.1. The zero-order valence-corrected chi connectivity index (χ0v) is 14.2. The van der Waals surface area contributed by atoms with Crippen LogP contribution in [-0.2, 0) is 11.2 Å². The fraction of sp³-hybridized carbons (Fsp3) is 0.263. The highest BCUT2D eigenvalue weighted by Gasteiger charge is 2.26. The summed E-state index contributed by atoms with van der Waals surface area (Å²) in [7, 11) is 1.48. The monoisotopic (exact) mass is 357 g/mol. The van der Waals surface area contributed by atoms with Crippen molar-refractivity contribution in [1.82, 2.24) is 5.32 Å². The Balaban J connectivity index is 1.55. The van der Waals surface area contributed by atoms with Gasteiger partial charge in [0.25, 0.3) is 5.91 Å². The van der Waals surface area contributed by atoms with E-state index in [2.05, 4.69) is 5.32 Å². The molecule has 1 atom stereocenters. The van der Waals surface area contributed by atoms with Gasteiger partial charge in [-0.25, -0.2) is 4.79 Å². The molecule has 0 aliphatic carbocycles. The van der Waals surface area contributed by atoms with Crippen LogP contribution < -0.4 is 19.5 Å². The Morgan fingerprint density at radius 2 is 2.00 bits per heavy atom. The third-order valence-corrected chi connectivity index (χ3v) is 4.03. The van der Waals surface area contributed by atoms with Crippen LogP contribution in [0.3, 0.4) is 0 Å². The van der Waals surface area contributed by atoms with Crippen LogP contribution in [0.1, 0.15) is 15.9 Å². The molecule has 0 fully saturated rings. The molecule has 0 spiro atoms. The number of nitrogens with one attached hydrogen (secondary N) is 1. The van der Waals surface area contributed by atoms with Crippen molar-refractivity contribution in [1.29, 1.82) is 0 Å². The number of rotatable bonds is 6. The summed E-state index contributed by atoms with van der Waals surface area (Å²) in [6.45, 7) is 0.516. The number of para-hydroxylation sites is 2. The predicted octanol–water partition coefficient (Wildman–Crippen LogP) is 1.89. The Morgan fingerprint density at radius 3 is 2.73 bits per heavy atom. The number of aromatic carboxylic acids is 1. The van der Waals surface area contributed by atoms with Gasteiger partial charge in [-0.2, -0.15) is 0 Å². The second-order valence-electron chi connectivity index (χ2n) is 5.74. The van der Waals surface area contributed by atoms with Crippen LogP contribution >= 0.6 is 0 Å². The second-order valence-corrected chi connectivity index (χ2v) is 5.74. The normalized spacial score (nSPS) is 15.2. The molecular formula is C19H19NO6. The molecule has 1 aliphatic rings. The van der Waals surface area contributed by atoms with Gasteiger partial charge in [-0.3, -0.25) is 4.79 Å². The van der Waals surface area contributed by atoms with Crippen molar-refractivity contribution in [2.75, 3.05) is 20.3 Å². The standard InChI is InChI=1S/C19H19NO6/c1-24-16-10-13(19(22)23)7-6-12(16)8-9-20-18(21)17-11-25-14-4-2-3-5-15(14)26-17/h2-7,10,17H,8-9,11H2,1H3,(H,20,21)(H,22,23). The minimum atomic E-state index is -1.02. The minimum Gasteiger partial charge on any atom is -0.496 e. The molecule has 1 heterocycles. The van der Waals surface area contributed by atoms with Crippen molar-refractivity contribution in [3.63, 3.8) is 0 Å². The number of fused-ring (bicyclic) bond motifs is 1. The van der Waals surface area contributed by atoms with Crippen molar-refractivity contribution < 1.29 is 28.9 Å². The molecular weight excluding hydrogens is 338 g/mol. The summed E-state index contributed by atoms with van der Waals surface area (Å²) in [6, 6.07) is 11.9. The number of amides is 1. The molecule has 3 rings (SSSR count). The van der Waals surface area contributed by atoms with Gasteiger partial charge in [-0.15, -0.1) is 0 Å². The Bertz CT molecular complexity index is 819. The highest BCUT2D eigenvalue weighted by atomic mass is 16.6. The van der Waals surface area contributed by atoms with E-state index in [9.17, 15) is 9.59 Å². The summed E-state index contributed by atoms with van der Waals surface area (Å²) >= 11 is 0. The first-order chi connectivity index (χ1) is 12.6. The van der Waals surface area contributed by atoms with Crippen LogP contribution in [0, 0.1) is 0 Å². The second kappa shape index (κ2) is 7.77. The molecule has 7 heteroatoms. The molecule has 0 aromatic heterocycles. The van der Waals surface area contributed by atoms with E-state index in [0.29, 0.717) is 30.2 Å². The molecule has 0 saturated heterocycles. The van der Waals surface area contributed by atoms with E-state index in [1.54, 1.807) is 18.2 Å². The maximum absolute atomic E-state index is 12.3. The number of methoxy groups -OCH3 is 1. The predicted molar refractivity (Wildman–Crippen MR) is 93.0 cm³/mol. The maximum Gasteiger partial charge on any atom is 0.335 e. The Hall–Kier alpha value is -3.22. The van der Waals surface area contributed by atoms with Crippen molar-refractivity contribution in [3.05, 3.63) is 53.6 Å². The molecule has 2 aromatic carbocycles. The largest absolute Gasteiger partial charge is 0.496 e. The zero-order chi connectivity index (χ0) is 18.5. The van der Waals surface area contributed by atoms with E-state index in [0.717, 1.165) is 5.56 Å². The lowest BCUT2D eigenvalue weighted by molar-refractivity contribution is -0.130. The molecule has 2 aromatic rings. The van der Waals surface area contributed by atoms with Crippen LogP contribution in [0.25, 0.3) is 0 Å². The van der Waals surface area contributed by atoms with Crippen LogP contribution in [0.2, 0.25) is 0 Å². The number of hydrogen-bond acceptors (Lipinski definition) is 5. The van der Waals surface area contributed by atoms with E-state index >= 15 is 0 Å². The topological polar surface area (TPSA) is 94.1 Å². The van der Waals surface area contributed by atoms with E-state index in [4.69, 9.17) is 19.3 Å². The fourth-order valence-corrected chi connectivity index (χ4v) is 2.67. The highest BCUT2D eigenvalue weighted by Crippen LogP contribution is 2.30. The summed E-state index contributed by atoms with van der Waals surface area (Å²) in [6.07, 6.45) is -0.208. The summed E-state index contributed by atoms with van der Waals surface area (Å²) in [4.78, 5) is 23.3. The number of carboxylic acids is 1. The lowest BCUT2D eigenvalue weighted by Gasteiger charge is -2.25. The molecule has 1 amide bonds. The number of carboxylic acid groups (broad SMARTS) is 1. The van der Waals surface area contributed by atoms with Gasteiger partial charge in [-0.05, 0) is 36.2 Å². The number of carbonyl (C=O) groups excluding carboxylic acids is 1. The molecule has 136 valence electrons. The summed E-state index contributed by atoms with van der Waals surface area (Å²) in [5, 5.41) is 11.8. The van der Waals surface area contributed by atoms with Gasteiger partial charge in [0.1, 0.15) is 12.4 Å². The van der Waals surface area contributed by atoms with Gasteiger partial charge in [0.05, 0.1) is 12.7 Å². The summed E-state index contributed by atoms with van der Waals surface area (Å²) in [5.41, 5.74) is 0.963. The lowest BCUT2D eigenvalue weighted by Crippen LogP contribution is -2.44. The Kier molecular flexibility index (Phi) is 5.26. The summed E-state index contributed by atoms with van der Waals surface area (Å²) < 4.78 is 16.4. The van der Waals surface area contributed by atoms with Crippen molar-refractivity contribution >= 4 is 11.9 Å². The van der Waals surface area contributed by atoms with Crippen molar-refractivity contribution in [2.24, 2.45) is 0 Å². The molecule has 7 nitrogen and oxygen atoms in total. The van der Waals surface area contributed by atoms with Crippen molar-refractivity contribution in [2.45, 2.75) is 12.5 Å². The van der Waals surface area contributed by atoms with E-state index in [-0.39, 0.29) is 18.1 Å². The molecule has 0 saturated carbocycles. The number of hydrogen-bond donors (Lipinski definition) is 2. The number of ether oxygens (including phenoxy) is 3. The third kappa shape index (κ3) is 3.88. The van der Waals surface area contributed by atoms with Crippen molar-refractivity contribution in [3.8, 4) is 17.2 Å². The smallest absolute Gasteiger partial charge is 0.335 e. The average Bonchev–Trinajstić information content (AvgIpc) is 2.67. The van der Waals surface area contributed by atoms with Gasteiger partial charge in [0.2, 0.25) is 6.10 Å². The number of benzene rings is 2. The summed E-state index contributed by atoms with van der Waals surface area (Å²) in [5.74, 6) is 0.369. The van der Waals surface area contributed by atoms with Gasteiger partial charge in [-0.1, -0.05) is 18.2 Å². The Labute approximate surface area is 150 Å². The quantitative estimate of drug-likeness (QED) is 0.820. The van der Waals surface area contributed by atoms with Crippen LogP contribution in [0.5, 0.6) is 17.2 Å². The molecule has 1 aliphatic heterocycles. The minimum absolute atomic E-state index is 0.152. The maximum atomic E-state index is 12.3. The van der Waals surface area contributed by atoms with E-state index in [1.165, 1.54) is 19.2 Å². The van der Waals surface area contributed by atoms with Crippen LogP contribution in [-0.4, -0.2) is 43.3 Å². The molecule has 26 heavy (non-hydrogen) atoms. The average molecular weight is 357 g/mol. The van der Waals surface area contributed by atoms with Crippen LogP contribution in [0.15, 0.2) is 42.5 Å². The first-order valence-corrected chi connectivity index (χ1v) is 8.15. The third-order valence-electron chi connectivity index (χ3n) is 4.03. The first-order valence-electron chi connectivity index (χ1n) is 8.15. The first kappa shape index (κ1) is 17.6. The van der Waals surface area contributed by atoms with Gasteiger partial charge in [0.15, 0.2) is 11.5 Å². The molecule has 0 radical (unpaired) electrons. The van der Waals surface area contributed by atoms with Gasteiger partial charge < -0.3 is 24.6 Å². The van der Waals surface area contributed by atoms with Gasteiger partial charge >= 0.3 is 5.97 Å². The molecule has 1 unspecified atom stereocenters. The van der Waals surface area contributed by atoms with Crippen LogP contribution in [0.4, 0.5) is 0 Å². The van der Waals surface area contributed by atoms with Gasteiger partial charge in [0, 0.05) is 6.54 Å². The SMILES string of the molecule is COc1cc(C(=O)O)ccc1CCNC(=O)C1COc2ccccc2O1. The molecule has 2 N–H and O–H groups in total. The molecule has 0 bridgehead atoms. The highest BCUT2D eigenvalue weighted by molar-refractivity contribution is 5.88. The zero-order valence-electron chi connectivity index (χ0n) is 14.2. The van der Waals surface area contributed by atoms with E-state index in [1.807, 2.05) is 12.1 Å². The Morgan fingerprint density at radius 1 is 1.23 bits per heavy atom. The number of carbonyl (C=O) groups is 2. The van der Waals surface area contributed by atoms with E-state index < -0.39 is 12.1 Å². The fourth-order valence-electron chi connectivity index (χ4n) is 2.67.